The summed E-state index contributed by atoms with van der Waals surface area (Å²) in [4.78, 5) is 4.66. The first kappa shape index (κ1) is 16.4. The van der Waals surface area contributed by atoms with Gasteiger partial charge in [-0.15, -0.1) is 0 Å². The van der Waals surface area contributed by atoms with Gasteiger partial charge in [0.05, 0.1) is 11.3 Å². The molecule has 0 aliphatic carbocycles. The Labute approximate surface area is 152 Å². The number of rotatable bonds is 1. The second-order valence-electron chi connectivity index (χ2n) is 7.71. The fraction of sp³-hybridized carbons (Fsp3) is 0.217. The molecule has 0 aliphatic heterocycles. The van der Waals surface area contributed by atoms with E-state index in [2.05, 4.69) is 44.8 Å². The van der Waals surface area contributed by atoms with Crippen LogP contribution in [0.5, 0.6) is 0 Å². The number of para-hydroxylation sites is 2. The predicted octanol–water partition coefficient (Wildman–Crippen LogP) is 6.13. The van der Waals surface area contributed by atoms with Crippen molar-refractivity contribution in [1.82, 2.24) is 4.98 Å². The van der Waals surface area contributed by atoms with Gasteiger partial charge in [-0.1, -0.05) is 45.0 Å². The maximum atomic E-state index is 9.38. The third kappa shape index (κ3) is 2.46. The zero-order valence-corrected chi connectivity index (χ0v) is 15.4. The van der Waals surface area contributed by atoms with Crippen molar-refractivity contribution in [2.75, 3.05) is 0 Å². The maximum absolute atomic E-state index is 9.38. The molecule has 0 bridgehead atoms. The van der Waals surface area contributed by atoms with Crippen molar-refractivity contribution in [2.45, 2.75) is 33.1 Å². The molecule has 3 nitrogen and oxygen atoms in total. The molecule has 2 aromatic carbocycles. The number of hydrogen-bond donors (Lipinski definition) is 0. The summed E-state index contributed by atoms with van der Waals surface area (Å²) in [5, 5.41) is 11.4. The van der Waals surface area contributed by atoms with E-state index in [1.807, 2.05) is 36.5 Å². The van der Waals surface area contributed by atoms with Gasteiger partial charge in [0.15, 0.2) is 5.58 Å². The van der Waals surface area contributed by atoms with Gasteiger partial charge in [0.25, 0.3) is 0 Å². The van der Waals surface area contributed by atoms with Crippen LogP contribution in [0.1, 0.15) is 37.5 Å². The predicted molar refractivity (Wildman–Crippen MR) is 105 cm³/mol. The minimum absolute atomic E-state index is 0.0392. The number of fused-ring (bicyclic) bond motifs is 3. The second-order valence-corrected chi connectivity index (χ2v) is 7.71. The number of benzene rings is 2. The van der Waals surface area contributed by atoms with Crippen molar-refractivity contribution >= 4 is 21.9 Å². The summed E-state index contributed by atoms with van der Waals surface area (Å²) in [6.45, 7) is 8.72. The molecule has 128 valence electrons. The van der Waals surface area contributed by atoms with Gasteiger partial charge < -0.3 is 4.42 Å². The van der Waals surface area contributed by atoms with Gasteiger partial charge in [-0.2, -0.15) is 5.26 Å². The summed E-state index contributed by atoms with van der Waals surface area (Å²) >= 11 is 0. The highest BCUT2D eigenvalue weighted by Crippen LogP contribution is 2.37. The first-order chi connectivity index (χ1) is 12.4. The number of nitrogens with zero attached hydrogens (tertiary/aromatic N) is 2. The topological polar surface area (TPSA) is 49.8 Å². The normalized spacial score (nSPS) is 11.8. The summed E-state index contributed by atoms with van der Waals surface area (Å²) in [6.07, 6.45) is 1.93. The number of furan rings is 1. The van der Waals surface area contributed by atoms with Crippen LogP contribution >= 0.6 is 0 Å². The molecule has 26 heavy (non-hydrogen) atoms. The second kappa shape index (κ2) is 5.71. The van der Waals surface area contributed by atoms with Gasteiger partial charge in [-0.25, -0.2) is 0 Å². The van der Waals surface area contributed by atoms with Gasteiger partial charge in [0, 0.05) is 22.5 Å². The molecule has 0 saturated heterocycles. The monoisotopic (exact) mass is 340 g/mol. The Morgan fingerprint density at radius 1 is 1.00 bits per heavy atom. The summed E-state index contributed by atoms with van der Waals surface area (Å²) in [5.41, 5.74) is 6.31. The van der Waals surface area contributed by atoms with Crippen LogP contribution in [0.3, 0.4) is 0 Å². The first-order valence-corrected chi connectivity index (χ1v) is 8.72. The lowest BCUT2D eigenvalue weighted by Gasteiger charge is -2.22. The lowest BCUT2D eigenvalue weighted by molar-refractivity contribution is 0.585. The molecule has 0 atom stereocenters. The molecule has 4 aromatic rings. The molecular weight excluding hydrogens is 320 g/mol. The van der Waals surface area contributed by atoms with Crippen molar-refractivity contribution in [3.63, 3.8) is 0 Å². The number of pyridine rings is 1. The van der Waals surface area contributed by atoms with Crippen LogP contribution in [0, 0.1) is 18.3 Å². The molecular formula is C23H20N2O. The molecule has 2 heterocycles. The lowest BCUT2D eigenvalue weighted by Crippen LogP contribution is -2.13. The molecule has 0 N–H and O–H groups in total. The molecule has 0 amide bonds. The Hall–Kier alpha value is -3.12. The van der Waals surface area contributed by atoms with E-state index in [-0.39, 0.29) is 5.41 Å². The molecule has 0 aliphatic rings. The van der Waals surface area contributed by atoms with Gasteiger partial charge in [-0.3, -0.25) is 4.98 Å². The number of nitriles is 1. The van der Waals surface area contributed by atoms with E-state index in [0.29, 0.717) is 11.1 Å². The molecule has 3 heteroatoms. The Morgan fingerprint density at radius 3 is 2.38 bits per heavy atom. The van der Waals surface area contributed by atoms with Crippen LogP contribution < -0.4 is 0 Å². The van der Waals surface area contributed by atoms with Crippen molar-refractivity contribution in [3.8, 4) is 17.3 Å². The third-order valence-corrected chi connectivity index (χ3v) is 4.83. The molecule has 0 radical (unpaired) electrons. The van der Waals surface area contributed by atoms with Crippen molar-refractivity contribution in [1.29, 1.82) is 5.26 Å². The minimum Gasteiger partial charge on any atom is -0.454 e. The van der Waals surface area contributed by atoms with E-state index < -0.39 is 0 Å². The fourth-order valence-corrected chi connectivity index (χ4v) is 3.59. The molecule has 4 rings (SSSR count). The highest BCUT2D eigenvalue weighted by molar-refractivity contribution is 6.10. The number of hydrogen-bond acceptors (Lipinski definition) is 3. The number of aromatic nitrogens is 1. The molecule has 0 spiro atoms. The highest BCUT2D eigenvalue weighted by Gasteiger charge is 2.20. The quantitative estimate of drug-likeness (QED) is 0.419. The summed E-state index contributed by atoms with van der Waals surface area (Å²) in [6, 6.07) is 16.1. The Kier molecular flexibility index (Phi) is 3.59. The van der Waals surface area contributed by atoms with E-state index in [1.54, 1.807) is 6.07 Å². The average molecular weight is 340 g/mol. The van der Waals surface area contributed by atoms with Crippen LogP contribution in [0.25, 0.3) is 33.2 Å². The van der Waals surface area contributed by atoms with E-state index in [0.717, 1.165) is 27.6 Å². The van der Waals surface area contributed by atoms with Gasteiger partial charge >= 0.3 is 0 Å². The molecule has 0 unspecified atom stereocenters. The maximum Gasteiger partial charge on any atom is 0.153 e. The average Bonchev–Trinajstić information content (AvgIpc) is 3.00. The summed E-state index contributed by atoms with van der Waals surface area (Å²) in [7, 11) is 0. The summed E-state index contributed by atoms with van der Waals surface area (Å²) < 4.78 is 6.15. The molecule has 0 fully saturated rings. The zero-order valence-electron chi connectivity index (χ0n) is 15.4. The van der Waals surface area contributed by atoms with Crippen molar-refractivity contribution in [2.24, 2.45) is 0 Å². The Balaban J connectivity index is 2.03. The minimum atomic E-state index is 0.0392. The fourth-order valence-electron chi connectivity index (χ4n) is 3.59. The molecule has 0 saturated carbocycles. The van der Waals surface area contributed by atoms with E-state index >= 15 is 0 Å². The van der Waals surface area contributed by atoms with Crippen LogP contribution in [0.15, 0.2) is 53.1 Å². The van der Waals surface area contributed by atoms with Crippen molar-refractivity contribution < 1.29 is 4.42 Å². The Bertz CT molecular complexity index is 1190. The van der Waals surface area contributed by atoms with Crippen LogP contribution in [-0.2, 0) is 5.41 Å². The standard InChI is InChI=1S/C23H20N2O/c1-14-13-25-20(11-19(14)23(2,3)4)18-10-6-9-17-16-8-5-7-15(12-24)21(16)26-22(17)18/h5-11,13H,1-4H3. The van der Waals surface area contributed by atoms with Gasteiger partial charge in [0.1, 0.15) is 11.7 Å². The van der Waals surface area contributed by atoms with Gasteiger partial charge in [0.2, 0.25) is 0 Å². The van der Waals surface area contributed by atoms with Crippen LogP contribution in [0.4, 0.5) is 0 Å². The van der Waals surface area contributed by atoms with Gasteiger partial charge in [-0.05, 0) is 41.7 Å². The summed E-state index contributed by atoms with van der Waals surface area (Å²) in [5.74, 6) is 0. The van der Waals surface area contributed by atoms with Crippen molar-refractivity contribution in [3.05, 3.63) is 65.4 Å². The highest BCUT2D eigenvalue weighted by atomic mass is 16.3. The van der Waals surface area contributed by atoms with E-state index in [4.69, 9.17) is 4.42 Å². The largest absolute Gasteiger partial charge is 0.454 e. The molecule has 2 aromatic heterocycles. The van der Waals surface area contributed by atoms with E-state index in [9.17, 15) is 5.26 Å². The third-order valence-electron chi connectivity index (χ3n) is 4.83. The SMILES string of the molecule is Cc1cnc(-c2cccc3c2oc2c(C#N)cccc23)cc1C(C)(C)C. The smallest absolute Gasteiger partial charge is 0.153 e. The number of aryl methyl sites for hydroxylation is 1. The van der Waals surface area contributed by atoms with Crippen LogP contribution in [0.2, 0.25) is 0 Å². The van der Waals surface area contributed by atoms with E-state index in [1.165, 1.54) is 11.1 Å². The Morgan fingerprint density at radius 2 is 1.69 bits per heavy atom. The van der Waals surface area contributed by atoms with Crippen LogP contribution in [-0.4, -0.2) is 4.98 Å². The lowest BCUT2D eigenvalue weighted by atomic mass is 9.84. The zero-order chi connectivity index (χ0) is 18.5. The first-order valence-electron chi connectivity index (χ1n) is 8.72.